The van der Waals surface area contributed by atoms with E-state index in [1.807, 2.05) is 38.1 Å². The Balaban J connectivity index is 1.39. The van der Waals surface area contributed by atoms with Crippen molar-refractivity contribution < 1.29 is 19.0 Å². The number of piperidine rings is 1. The van der Waals surface area contributed by atoms with E-state index in [-0.39, 0.29) is 17.3 Å². The fraction of sp³-hybridized carbons (Fsp3) is 0.452. The molecule has 226 valence electrons. The molecule has 4 aromatic rings. The van der Waals surface area contributed by atoms with E-state index in [1.165, 1.54) is 11.5 Å². The van der Waals surface area contributed by atoms with Crippen LogP contribution in [-0.4, -0.2) is 71.1 Å². The summed E-state index contributed by atoms with van der Waals surface area (Å²) in [5.74, 6) is 1.59. The highest BCUT2D eigenvalue weighted by molar-refractivity contribution is 5.94. The molecule has 43 heavy (non-hydrogen) atoms. The van der Waals surface area contributed by atoms with Crippen molar-refractivity contribution in [1.29, 1.82) is 0 Å². The molecule has 0 atom stereocenters. The number of carbonyl (C=O) groups is 1. The Morgan fingerprint density at radius 1 is 0.977 bits per heavy atom. The van der Waals surface area contributed by atoms with E-state index in [2.05, 4.69) is 9.80 Å². The van der Waals surface area contributed by atoms with Crippen LogP contribution < -0.4 is 30.5 Å². The van der Waals surface area contributed by atoms with Gasteiger partial charge in [0.25, 0.3) is 5.56 Å². The molecule has 0 saturated carbocycles. The van der Waals surface area contributed by atoms with Crippen molar-refractivity contribution in [1.82, 2.24) is 19.1 Å². The second-order valence-corrected chi connectivity index (χ2v) is 11.0. The number of morpholine rings is 1. The molecule has 0 aliphatic carbocycles. The van der Waals surface area contributed by atoms with Gasteiger partial charge in [0.1, 0.15) is 5.82 Å². The first-order chi connectivity index (χ1) is 20.7. The highest BCUT2D eigenvalue weighted by Gasteiger charge is 2.28. The standard InChI is InChI=1S/C31H36N6O6/c1-5-42-26-17-22-24(18-27(26)43-20(3)38)32-30(36-12-14-41-15-13-36)33-28(22)35-10-8-21(9-11-35)37-29(39)23-16-19(2)6-7-25(23)34(4)31(37)40/h6-7,16-18,21H,5,8-15H2,1-4H3. The summed E-state index contributed by atoms with van der Waals surface area (Å²) in [6.07, 6.45) is 1.18. The number of benzene rings is 2. The first kappa shape index (κ1) is 28.7. The lowest BCUT2D eigenvalue weighted by molar-refractivity contribution is -0.132. The number of rotatable bonds is 6. The lowest BCUT2D eigenvalue weighted by Crippen LogP contribution is -2.45. The van der Waals surface area contributed by atoms with Crippen LogP contribution in [0.4, 0.5) is 11.8 Å². The van der Waals surface area contributed by atoms with Gasteiger partial charge in [0.15, 0.2) is 11.5 Å². The van der Waals surface area contributed by atoms with Gasteiger partial charge in [0, 0.05) is 57.6 Å². The number of aryl methyl sites for hydroxylation is 2. The number of carbonyl (C=O) groups excluding carboxylic acids is 1. The SMILES string of the molecule is CCOc1cc2c(N3CCC(n4c(=O)c5cc(C)ccc5n(C)c4=O)CC3)nc(N3CCOCC3)nc2cc1OC(C)=O. The summed E-state index contributed by atoms with van der Waals surface area (Å²) in [5, 5.41) is 1.32. The maximum atomic E-state index is 13.6. The quantitative estimate of drug-likeness (QED) is 0.246. The third-order valence-electron chi connectivity index (χ3n) is 8.16. The van der Waals surface area contributed by atoms with Gasteiger partial charge < -0.3 is 24.0 Å². The number of esters is 1. The van der Waals surface area contributed by atoms with Crippen molar-refractivity contribution >= 4 is 39.5 Å². The molecule has 0 unspecified atom stereocenters. The zero-order chi connectivity index (χ0) is 30.2. The molecule has 12 heteroatoms. The lowest BCUT2D eigenvalue weighted by Gasteiger charge is -2.35. The van der Waals surface area contributed by atoms with E-state index in [9.17, 15) is 14.4 Å². The zero-order valence-corrected chi connectivity index (χ0v) is 25.0. The van der Waals surface area contributed by atoms with E-state index in [0.29, 0.717) is 92.7 Å². The summed E-state index contributed by atoms with van der Waals surface area (Å²) in [6, 6.07) is 8.90. The molecule has 4 heterocycles. The number of nitrogens with zero attached hydrogens (tertiary/aromatic N) is 6. The molecule has 2 aliphatic rings. The topological polar surface area (TPSA) is 121 Å². The third kappa shape index (κ3) is 5.42. The first-order valence-electron chi connectivity index (χ1n) is 14.7. The highest BCUT2D eigenvalue weighted by Crippen LogP contribution is 2.38. The van der Waals surface area contributed by atoms with Crippen LogP contribution in [-0.2, 0) is 16.6 Å². The summed E-state index contributed by atoms with van der Waals surface area (Å²) < 4.78 is 19.8. The van der Waals surface area contributed by atoms with Crippen molar-refractivity contribution in [3.8, 4) is 11.5 Å². The summed E-state index contributed by atoms with van der Waals surface area (Å²) >= 11 is 0. The minimum absolute atomic E-state index is 0.242. The minimum Gasteiger partial charge on any atom is -0.490 e. The minimum atomic E-state index is -0.449. The van der Waals surface area contributed by atoms with E-state index in [4.69, 9.17) is 24.2 Å². The predicted molar refractivity (Wildman–Crippen MR) is 164 cm³/mol. The van der Waals surface area contributed by atoms with E-state index < -0.39 is 5.97 Å². The molecule has 2 fully saturated rings. The summed E-state index contributed by atoms with van der Waals surface area (Å²) in [7, 11) is 1.71. The van der Waals surface area contributed by atoms with Gasteiger partial charge in [-0.1, -0.05) is 11.6 Å². The van der Waals surface area contributed by atoms with Gasteiger partial charge in [-0.25, -0.2) is 9.78 Å². The Morgan fingerprint density at radius 2 is 1.72 bits per heavy atom. The molecule has 2 saturated heterocycles. The van der Waals surface area contributed by atoms with Crippen molar-refractivity contribution in [3.63, 3.8) is 0 Å². The second-order valence-electron chi connectivity index (χ2n) is 11.0. The van der Waals surface area contributed by atoms with Crippen molar-refractivity contribution in [2.24, 2.45) is 7.05 Å². The van der Waals surface area contributed by atoms with Crippen molar-refractivity contribution in [2.45, 2.75) is 39.7 Å². The van der Waals surface area contributed by atoms with Gasteiger partial charge in [0.2, 0.25) is 5.95 Å². The molecular formula is C31H36N6O6. The van der Waals surface area contributed by atoms with Crippen molar-refractivity contribution in [2.75, 3.05) is 55.8 Å². The number of hydrogen-bond acceptors (Lipinski definition) is 10. The Hall–Kier alpha value is -4.45. The molecular weight excluding hydrogens is 552 g/mol. The third-order valence-corrected chi connectivity index (χ3v) is 8.16. The molecule has 2 aliphatic heterocycles. The molecule has 2 aromatic carbocycles. The molecule has 2 aromatic heterocycles. The van der Waals surface area contributed by atoms with Gasteiger partial charge >= 0.3 is 11.7 Å². The molecule has 0 radical (unpaired) electrons. The van der Waals surface area contributed by atoms with Gasteiger partial charge in [-0.05, 0) is 44.9 Å². The smallest absolute Gasteiger partial charge is 0.331 e. The largest absolute Gasteiger partial charge is 0.490 e. The zero-order valence-electron chi connectivity index (χ0n) is 25.0. The van der Waals surface area contributed by atoms with E-state index in [0.717, 1.165) is 16.8 Å². The maximum absolute atomic E-state index is 13.6. The molecule has 0 amide bonds. The number of aromatic nitrogens is 4. The van der Waals surface area contributed by atoms with E-state index >= 15 is 0 Å². The fourth-order valence-electron chi connectivity index (χ4n) is 6.01. The number of anilines is 2. The molecule has 0 N–H and O–H groups in total. The molecule has 12 nitrogen and oxygen atoms in total. The Labute approximate surface area is 248 Å². The summed E-state index contributed by atoms with van der Waals surface area (Å²) in [6.45, 7) is 9.20. The normalized spacial score (nSPS) is 16.2. The maximum Gasteiger partial charge on any atom is 0.331 e. The van der Waals surface area contributed by atoms with Crippen LogP contribution >= 0.6 is 0 Å². The van der Waals surface area contributed by atoms with Gasteiger partial charge in [0.05, 0.1) is 36.2 Å². The average molecular weight is 589 g/mol. The molecule has 0 spiro atoms. The molecule has 6 rings (SSSR count). The van der Waals surface area contributed by atoms with Gasteiger partial charge in [-0.3, -0.25) is 18.7 Å². The summed E-state index contributed by atoms with van der Waals surface area (Å²) in [4.78, 5) is 52.9. The first-order valence-corrected chi connectivity index (χ1v) is 14.7. The number of fused-ring (bicyclic) bond motifs is 2. The molecule has 0 bridgehead atoms. The van der Waals surface area contributed by atoms with Crippen LogP contribution in [0.2, 0.25) is 0 Å². The second kappa shape index (κ2) is 11.7. The van der Waals surface area contributed by atoms with Crippen LogP contribution in [0.1, 0.15) is 38.3 Å². The van der Waals surface area contributed by atoms with Crippen LogP contribution in [0.25, 0.3) is 21.8 Å². The van der Waals surface area contributed by atoms with Crippen LogP contribution in [0.3, 0.4) is 0 Å². The number of ether oxygens (including phenoxy) is 3. The van der Waals surface area contributed by atoms with E-state index in [1.54, 1.807) is 17.7 Å². The monoisotopic (exact) mass is 588 g/mol. The average Bonchev–Trinajstić information content (AvgIpc) is 3.00. The highest BCUT2D eigenvalue weighted by atomic mass is 16.6. The van der Waals surface area contributed by atoms with Crippen LogP contribution in [0.15, 0.2) is 39.9 Å². The van der Waals surface area contributed by atoms with Crippen LogP contribution in [0, 0.1) is 6.92 Å². The van der Waals surface area contributed by atoms with Crippen molar-refractivity contribution in [3.05, 3.63) is 56.7 Å². The number of hydrogen-bond donors (Lipinski definition) is 0. The Morgan fingerprint density at radius 3 is 2.42 bits per heavy atom. The fourth-order valence-corrected chi connectivity index (χ4v) is 6.01. The van der Waals surface area contributed by atoms with Crippen LogP contribution in [0.5, 0.6) is 11.5 Å². The summed E-state index contributed by atoms with van der Waals surface area (Å²) in [5.41, 5.74) is 1.68. The van der Waals surface area contributed by atoms with Gasteiger partial charge in [-0.15, -0.1) is 0 Å². The lowest BCUT2D eigenvalue weighted by atomic mass is 10.0. The Bertz CT molecular complexity index is 1820. The van der Waals surface area contributed by atoms with Gasteiger partial charge in [-0.2, -0.15) is 4.98 Å². The predicted octanol–water partition coefficient (Wildman–Crippen LogP) is 2.95. The Kier molecular flexibility index (Phi) is 7.78.